The van der Waals surface area contributed by atoms with Gasteiger partial charge in [-0.2, -0.15) is 0 Å². The van der Waals surface area contributed by atoms with Crippen molar-refractivity contribution >= 4 is 11.8 Å². The number of β-amino-alcohol motifs (C(OH)–C–C–N with tert-alkyl or cyclic N) is 1. The molecule has 2 unspecified atom stereocenters. The van der Waals surface area contributed by atoms with Crippen LogP contribution in [-0.4, -0.2) is 34.5 Å². The van der Waals surface area contributed by atoms with Crippen LogP contribution in [0.4, 0.5) is 0 Å². The second-order valence-corrected chi connectivity index (χ2v) is 5.79. The maximum Gasteiger partial charge on any atom is 0.237 e. The van der Waals surface area contributed by atoms with Gasteiger partial charge in [-0.3, -0.25) is 14.5 Å². The molecule has 2 amide bonds. The molecule has 2 rings (SSSR count). The minimum Gasteiger partial charge on any atom is -0.391 e. The minimum atomic E-state index is -0.641. The number of imide groups is 1. The third kappa shape index (κ3) is 3.25. The molecule has 0 aliphatic carbocycles. The van der Waals surface area contributed by atoms with Gasteiger partial charge in [0.1, 0.15) is 0 Å². The molecule has 1 fully saturated rings. The molecule has 0 aromatic heterocycles. The standard InChI is InChI=1S/C16H21NO3/c1-11(2)8-13(18)10-17-15(19)9-14(16(17)20)12-6-4-3-5-7-12/h3-7,11,13-14,18H,8-10H2,1-2H3. The summed E-state index contributed by atoms with van der Waals surface area (Å²) in [6.07, 6.45) is 0.155. The van der Waals surface area contributed by atoms with Crippen molar-refractivity contribution in [1.29, 1.82) is 0 Å². The first-order valence-electron chi connectivity index (χ1n) is 7.06. The molecule has 1 saturated heterocycles. The maximum absolute atomic E-state index is 12.3. The maximum atomic E-state index is 12.3. The zero-order valence-corrected chi connectivity index (χ0v) is 12.0. The van der Waals surface area contributed by atoms with Crippen molar-refractivity contribution in [2.45, 2.75) is 38.7 Å². The molecule has 0 spiro atoms. The Morgan fingerprint density at radius 3 is 2.50 bits per heavy atom. The molecule has 2 atom stereocenters. The lowest BCUT2D eigenvalue weighted by Crippen LogP contribution is -2.37. The topological polar surface area (TPSA) is 57.6 Å². The molecule has 1 aliphatic heterocycles. The Morgan fingerprint density at radius 1 is 1.25 bits per heavy atom. The summed E-state index contributed by atoms with van der Waals surface area (Å²) in [5.74, 6) is -0.437. The number of nitrogens with zero attached hydrogens (tertiary/aromatic N) is 1. The number of hydrogen-bond donors (Lipinski definition) is 1. The molecular weight excluding hydrogens is 254 g/mol. The van der Waals surface area contributed by atoms with Crippen molar-refractivity contribution < 1.29 is 14.7 Å². The smallest absolute Gasteiger partial charge is 0.237 e. The van der Waals surface area contributed by atoms with E-state index in [-0.39, 0.29) is 24.8 Å². The monoisotopic (exact) mass is 275 g/mol. The molecule has 0 bridgehead atoms. The summed E-state index contributed by atoms with van der Waals surface area (Å²) in [7, 11) is 0. The van der Waals surface area contributed by atoms with Crippen LogP contribution in [0.15, 0.2) is 30.3 Å². The van der Waals surface area contributed by atoms with Crippen LogP contribution in [0.2, 0.25) is 0 Å². The molecule has 1 aromatic carbocycles. The number of carbonyl (C=O) groups is 2. The van der Waals surface area contributed by atoms with E-state index in [4.69, 9.17) is 0 Å². The summed E-state index contributed by atoms with van der Waals surface area (Å²) in [6.45, 7) is 4.12. The summed E-state index contributed by atoms with van der Waals surface area (Å²) in [5.41, 5.74) is 0.867. The predicted octanol–water partition coefficient (Wildman–Crippen LogP) is 1.94. The first-order chi connectivity index (χ1) is 9.49. The number of aliphatic hydroxyl groups is 1. The Bertz CT molecular complexity index is 484. The van der Waals surface area contributed by atoms with Crippen molar-refractivity contribution in [3.05, 3.63) is 35.9 Å². The average Bonchev–Trinajstić information content (AvgIpc) is 2.67. The molecular formula is C16H21NO3. The second kappa shape index (κ2) is 6.18. The van der Waals surface area contributed by atoms with Crippen LogP contribution in [0, 0.1) is 5.92 Å². The van der Waals surface area contributed by atoms with Gasteiger partial charge in [0.15, 0.2) is 0 Å². The van der Waals surface area contributed by atoms with E-state index in [9.17, 15) is 14.7 Å². The van der Waals surface area contributed by atoms with Gasteiger partial charge in [0.2, 0.25) is 11.8 Å². The van der Waals surface area contributed by atoms with E-state index in [1.807, 2.05) is 44.2 Å². The van der Waals surface area contributed by atoms with Gasteiger partial charge in [-0.25, -0.2) is 0 Å². The van der Waals surface area contributed by atoms with Crippen molar-refractivity contribution in [2.24, 2.45) is 5.92 Å². The summed E-state index contributed by atoms with van der Waals surface area (Å²) >= 11 is 0. The number of rotatable bonds is 5. The third-order valence-electron chi connectivity index (χ3n) is 3.58. The van der Waals surface area contributed by atoms with E-state index in [0.717, 1.165) is 5.56 Å². The van der Waals surface area contributed by atoms with Crippen LogP contribution >= 0.6 is 0 Å². The van der Waals surface area contributed by atoms with Gasteiger partial charge in [0.25, 0.3) is 0 Å². The van der Waals surface area contributed by atoms with E-state index in [2.05, 4.69) is 0 Å². The highest BCUT2D eigenvalue weighted by Crippen LogP contribution is 2.29. The number of benzene rings is 1. The Kier molecular flexibility index (Phi) is 4.55. The molecule has 20 heavy (non-hydrogen) atoms. The lowest BCUT2D eigenvalue weighted by Gasteiger charge is -2.20. The highest BCUT2D eigenvalue weighted by atomic mass is 16.3. The number of hydrogen-bond acceptors (Lipinski definition) is 3. The fraction of sp³-hybridized carbons (Fsp3) is 0.500. The molecule has 4 heteroatoms. The van der Waals surface area contributed by atoms with Gasteiger partial charge in [-0.1, -0.05) is 44.2 Å². The number of amides is 2. The fourth-order valence-electron chi connectivity index (χ4n) is 2.65. The van der Waals surface area contributed by atoms with Crippen LogP contribution < -0.4 is 0 Å². The molecule has 0 radical (unpaired) electrons. The first kappa shape index (κ1) is 14.7. The zero-order valence-electron chi connectivity index (χ0n) is 12.0. The summed E-state index contributed by atoms with van der Waals surface area (Å²) < 4.78 is 0. The van der Waals surface area contributed by atoms with Gasteiger partial charge in [0, 0.05) is 6.42 Å². The van der Waals surface area contributed by atoms with Gasteiger partial charge >= 0.3 is 0 Å². The van der Waals surface area contributed by atoms with Crippen molar-refractivity contribution in [1.82, 2.24) is 4.90 Å². The second-order valence-electron chi connectivity index (χ2n) is 5.79. The molecule has 0 saturated carbocycles. The van der Waals surface area contributed by atoms with E-state index in [0.29, 0.717) is 12.3 Å². The normalized spacial score (nSPS) is 20.8. The SMILES string of the molecule is CC(C)CC(O)CN1C(=O)CC(c2ccccc2)C1=O. The molecule has 108 valence electrons. The Balaban J connectivity index is 2.06. The van der Waals surface area contributed by atoms with Gasteiger partial charge in [0.05, 0.1) is 18.6 Å². The quantitative estimate of drug-likeness (QED) is 0.835. The van der Waals surface area contributed by atoms with E-state index >= 15 is 0 Å². The van der Waals surface area contributed by atoms with E-state index < -0.39 is 12.0 Å². The predicted molar refractivity (Wildman–Crippen MR) is 76.0 cm³/mol. The molecule has 1 aromatic rings. The van der Waals surface area contributed by atoms with Gasteiger partial charge in [-0.05, 0) is 17.9 Å². The number of carbonyl (C=O) groups excluding carboxylic acids is 2. The third-order valence-corrected chi connectivity index (χ3v) is 3.58. The van der Waals surface area contributed by atoms with Crippen LogP contribution in [0.25, 0.3) is 0 Å². The summed E-state index contributed by atoms with van der Waals surface area (Å²) in [4.78, 5) is 25.5. The average molecular weight is 275 g/mol. The number of likely N-dealkylation sites (tertiary alicyclic amines) is 1. The fourth-order valence-corrected chi connectivity index (χ4v) is 2.65. The van der Waals surface area contributed by atoms with Gasteiger partial charge in [-0.15, -0.1) is 0 Å². The molecule has 1 heterocycles. The Morgan fingerprint density at radius 2 is 1.90 bits per heavy atom. The lowest BCUT2D eigenvalue weighted by molar-refractivity contribution is -0.140. The van der Waals surface area contributed by atoms with Crippen molar-refractivity contribution in [3.63, 3.8) is 0 Å². The van der Waals surface area contributed by atoms with Crippen molar-refractivity contribution in [3.8, 4) is 0 Å². The first-order valence-corrected chi connectivity index (χ1v) is 7.06. The molecule has 1 N–H and O–H groups in total. The van der Waals surface area contributed by atoms with Crippen LogP contribution in [0.5, 0.6) is 0 Å². The highest BCUT2D eigenvalue weighted by molar-refractivity contribution is 6.06. The van der Waals surface area contributed by atoms with Crippen molar-refractivity contribution in [2.75, 3.05) is 6.54 Å². The van der Waals surface area contributed by atoms with Crippen LogP contribution in [0.1, 0.15) is 38.2 Å². The van der Waals surface area contributed by atoms with E-state index in [1.54, 1.807) is 0 Å². The number of aliphatic hydroxyl groups excluding tert-OH is 1. The molecule has 1 aliphatic rings. The minimum absolute atomic E-state index is 0.110. The van der Waals surface area contributed by atoms with Crippen LogP contribution in [-0.2, 0) is 9.59 Å². The Labute approximate surface area is 119 Å². The largest absolute Gasteiger partial charge is 0.391 e. The molecule has 4 nitrogen and oxygen atoms in total. The highest BCUT2D eigenvalue weighted by Gasteiger charge is 2.39. The Hall–Kier alpha value is -1.68. The zero-order chi connectivity index (χ0) is 14.7. The van der Waals surface area contributed by atoms with Gasteiger partial charge < -0.3 is 5.11 Å². The van der Waals surface area contributed by atoms with E-state index in [1.165, 1.54) is 4.90 Å². The lowest BCUT2D eigenvalue weighted by atomic mass is 9.98. The summed E-state index contributed by atoms with van der Waals surface area (Å²) in [5, 5.41) is 9.93. The summed E-state index contributed by atoms with van der Waals surface area (Å²) in [6, 6.07) is 9.34. The van der Waals surface area contributed by atoms with Crippen LogP contribution in [0.3, 0.4) is 0 Å².